The number of aromatic nitrogens is 4. The summed E-state index contributed by atoms with van der Waals surface area (Å²) >= 11 is 0. The standard InChI is InChI=1S/C14H17F3N4O3/c1-20-10-9(18-7-19-10)11(22)21(12(20)23)6-8-2-4-13(24,5-3-8)14(15,16)17/h7-8,24H,2-6H2,1H3,(H,18,19). The highest BCUT2D eigenvalue weighted by molar-refractivity contribution is 5.68. The average Bonchev–Trinajstić information content (AvgIpc) is 3.00. The zero-order valence-corrected chi connectivity index (χ0v) is 12.9. The van der Waals surface area contributed by atoms with Crippen molar-refractivity contribution < 1.29 is 18.3 Å². The molecule has 1 aliphatic carbocycles. The second kappa shape index (κ2) is 5.47. The predicted molar refractivity (Wildman–Crippen MR) is 78.6 cm³/mol. The fraction of sp³-hybridized carbons (Fsp3) is 0.643. The number of nitrogens with one attached hydrogen (secondary N) is 1. The molecule has 10 heteroatoms. The number of nitrogens with zero attached hydrogens (tertiary/aromatic N) is 3. The van der Waals surface area contributed by atoms with Gasteiger partial charge in [-0.1, -0.05) is 0 Å². The SMILES string of the molecule is Cn1c(=O)n(CC2CCC(O)(C(F)(F)F)CC2)c(=O)c2[nH]cnc21. The molecule has 2 heterocycles. The quantitative estimate of drug-likeness (QED) is 0.845. The van der Waals surface area contributed by atoms with E-state index in [1.54, 1.807) is 0 Å². The molecule has 1 fully saturated rings. The lowest BCUT2D eigenvalue weighted by Crippen LogP contribution is -2.49. The molecule has 2 N–H and O–H groups in total. The topological polar surface area (TPSA) is 92.9 Å². The third-order valence-corrected chi connectivity index (χ3v) is 4.81. The first kappa shape index (κ1) is 16.7. The van der Waals surface area contributed by atoms with Gasteiger partial charge < -0.3 is 10.1 Å². The third-order valence-electron chi connectivity index (χ3n) is 4.81. The van der Waals surface area contributed by atoms with Gasteiger partial charge in [-0.15, -0.1) is 0 Å². The van der Waals surface area contributed by atoms with Crippen molar-refractivity contribution in [2.24, 2.45) is 13.0 Å². The van der Waals surface area contributed by atoms with Gasteiger partial charge in [0.25, 0.3) is 5.56 Å². The Balaban J connectivity index is 1.85. The van der Waals surface area contributed by atoms with Crippen LogP contribution in [0.2, 0.25) is 0 Å². The fourth-order valence-corrected chi connectivity index (χ4v) is 3.23. The summed E-state index contributed by atoms with van der Waals surface area (Å²) in [7, 11) is 1.48. The summed E-state index contributed by atoms with van der Waals surface area (Å²) in [6.45, 7) is 0.0222. The minimum atomic E-state index is -4.67. The van der Waals surface area contributed by atoms with Crippen molar-refractivity contribution in [2.75, 3.05) is 0 Å². The molecule has 2 aromatic rings. The largest absolute Gasteiger partial charge is 0.417 e. The maximum Gasteiger partial charge on any atom is 0.417 e. The van der Waals surface area contributed by atoms with E-state index >= 15 is 0 Å². The Bertz CT molecular complexity index is 872. The monoisotopic (exact) mass is 346 g/mol. The van der Waals surface area contributed by atoms with E-state index in [4.69, 9.17) is 0 Å². The Labute approximate surface area is 133 Å². The summed E-state index contributed by atoms with van der Waals surface area (Å²) in [6.07, 6.45) is -4.04. The molecular weight excluding hydrogens is 329 g/mol. The first-order valence-corrected chi connectivity index (χ1v) is 7.56. The van der Waals surface area contributed by atoms with Gasteiger partial charge >= 0.3 is 11.9 Å². The maximum absolute atomic E-state index is 12.8. The maximum atomic E-state index is 12.8. The number of imidazole rings is 1. The van der Waals surface area contributed by atoms with E-state index in [9.17, 15) is 27.9 Å². The molecule has 1 aliphatic rings. The van der Waals surface area contributed by atoms with Gasteiger partial charge in [0, 0.05) is 13.6 Å². The molecule has 0 saturated heterocycles. The molecule has 0 aromatic carbocycles. The van der Waals surface area contributed by atoms with Crippen LogP contribution in [0.3, 0.4) is 0 Å². The minimum Gasteiger partial charge on any atom is -0.380 e. The van der Waals surface area contributed by atoms with Crippen molar-refractivity contribution in [3.8, 4) is 0 Å². The van der Waals surface area contributed by atoms with Crippen molar-refractivity contribution in [2.45, 2.75) is 44.0 Å². The van der Waals surface area contributed by atoms with Gasteiger partial charge in [-0.2, -0.15) is 13.2 Å². The van der Waals surface area contributed by atoms with E-state index in [1.807, 2.05) is 0 Å². The summed E-state index contributed by atoms with van der Waals surface area (Å²) in [5.74, 6) is -0.279. The average molecular weight is 346 g/mol. The second-order valence-electron chi connectivity index (χ2n) is 6.33. The first-order chi connectivity index (χ1) is 11.1. The van der Waals surface area contributed by atoms with Crippen LogP contribution in [0.5, 0.6) is 0 Å². The van der Waals surface area contributed by atoms with Crippen molar-refractivity contribution in [1.29, 1.82) is 0 Å². The summed E-state index contributed by atoms with van der Waals surface area (Å²) in [5, 5.41) is 9.69. The zero-order valence-electron chi connectivity index (χ0n) is 12.9. The van der Waals surface area contributed by atoms with Crippen molar-refractivity contribution in [3.63, 3.8) is 0 Å². The molecule has 3 rings (SSSR count). The number of fused-ring (bicyclic) bond motifs is 1. The van der Waals surface area contributed by atoms with Gasteiger partial charge in [0.15, 0.2) is 11.2 Å². The Morgan fingerprint density at radius 3 is 2.58 bits per heavy atom. The number of aryl methyl sites for hydroxylation is 1. The van der Waals surface area contributed by atoms with Crippen LogP contribution in [0.15, 0.2) is 15.9 Å². The van der Waals surface area contributed by atoms with Crippen LogP contribution in [-0.2, 0) is 13.6 Å². The van der Waals surface area contributed by atoms with Crippen molar-refractivity contribution in [3.05, 3.63) is 27.2 Å². The van der Waals surface area contributed by atoms with Gasteiger partial charge in [0.2, 0.25) is 0 Å². The number of rotatable bonds is 2. The second-order valence-corrected chi connectivity index (χ2v) is 6.33. The van der Waals surface area contributed by atoms with E-state index in [1.165, 1.54) is 17.9 Å². The molecule has 0 amide bonds. The van der Waals surface area contributed by atoms with E-state index in [0.717, 1.165) is 4.57 Å². The molecule has 7 nitrogen and oxygen atoms in total. The highest BCUT2D eigenvalue weighted by Crippen LogP contribution is 2.43. The molecule has 0 atom stereocenters. The number of H-pyrrole nitrogens is 1. The molecule has 2 aromatic heterocycles. The summed E-state index contributed by atoms with van der Waals surface area (Å²) in [4.78, 5) is 31.3. The summed E-state index contributed by atoms with van der Waals surface area (Å²) < 4.78 is 40.7. The van der Waals surface area contributed by atoms with Crippen LogP contribution in [0.4, 0.5) is 13.2 Å². The minimum absolute atomic E-state index is 0.0222. The lowest BCUT2D eigenvalue weighted by Gasteiger charge is -2.37. The third kappa shape index (κ3) is 2.54. The van der Waals surface area contributed by atoms with E-state index < -0.39 is 35.9 Å². The van der Waals surface area contributed by atoms with Crippen LogP contribution >= 0.6 is 0 Å². The smallest absolute Gasteiger partial charge is 0.380 e. The summed E-state index contributed by atoms with van der Waals surface area (Å²) in [6, 6.07) is 0. The lowest BCUT2D eigenvalue weighted by molar-refractivity contribution is -0.272. The van der Waals surface area contributed by atoms with Crippen LogP contribution in [0, 0.1) is 5.92 Å². The predicted octanol–water partition coefficient (Wildman–Crippen LogP) is 0.907. The molecule has 132 valence electrons. The van der Waals surface area contributed by atoms with Gasteiger partial charge in [-0.05, 0) is 31.6 Å². The fourth-order valence-electron chi connectivity index (χ4n) is 3.23. The number of aromatic amines is 1. The number of hydrogen-bond acceptors (Lipinski definition) is 4. The number of halogens is 3. The molecular formula is C14H17F3N4O3. The van der Waals surface area contributed by atoms with Gasteiger partial charge in [-0.25, -0.2) is 9.78 Å². The highest BCUT2D eigenvalue weighted by atomic mass is 19.4. The Kier molecular flexibility index (Phi) is 3.82. The van der Waals surface area contributed by atoms with Crippen LogP contribution in [-0.4, -0.2) is 36.0 Å². The highest BCUT2D eigenvalue weighted by Gasteiger charge is 2.54. The first-order valence-electron chi connectivity index (χ1n) is 7.56. The van der Waals surface area contributed by atoms with Crippen molar-refractivity contribution >= 4 is 11.2 Å². The molecule has 0 spiro atoms. The Hall–Kier alpha value is -2.10. The Morgan fingerprint density at radius 1 is 1.38 bits per heavy atom. The Morgan fingerprint density at radius 2 is 2.00 bits per heavy atom. The van der Waals surface area contributed by atoms with Crippen molar-refractivity contribution in [1.82, 2.24) is 19.1 Å². The number of alkyl halides is 3. The van der Waals surface area contributed by atoms with Gasteiger partial charge in [0.05, 0.1) is 6.33 Å². The van der Waals surface area contributed by atoms with Crippen LogP contribution in [0.25, 0.3) is 11.2 Å². The normalized spacial score (nSPS) is 25.3. The molecule has 0 radical (unpaired) electrons. The van der Waals surface area contributed by atoms with E-state index in [-0.39, 0.29) is 36.5 Å². The molecule has 0 bridgehead atoms. The van der Waals surface area contributed by atoms with E-state index in [2.05, 4.69) is 9.97 Å². The molecule has 24 heavy (non-hydrogen) atoms. The summed E-state index contributed by atoms with van der Waals surface area (Å²) in [5.41, 5.74) is -3.36. The van der Waals surface area contributed by atoms with Crippen LogP contribution in [0.1, 0.15) is 25.7 Å². The van der Waals surface area contributed by atoms with Crippen LogP contribution < -0.4 is 11.2 Å². The van der Waals surface area contributed by atoms with Gasteiger partial charge in [0.1, 0.15) is 5.52 Å². The molecule has 0 aliphatic heterocycles. The number of aliphatic hydroxyl groups is 1. The lowest BCUT2D eigenvalue weighted by atomic mass is 9.78. The van der Waals surface area contributed by atoms with Gasteiger partial charge in [-0.3, -0.25) is 13.9 Å². The molecule has 0 unspecified atom stereocenters. The molecule has 1 saturated carbocycles. The number of hydrogen-bond donors (Lipinski definition) is 2. The van der Waals surface area contributed by atoms with E-state index in [0.29, 0.717) is 0 Å². The zero-order chi connectivity index (χ0) is 17.7.